The number of amides is 4. The van der Waals surface area contributed by atoms with Crippen LogP contribution in [0.2, 0.25) is 5.02 Å². The number of halogens is 1. The van der Waals surface area contributed by atoms with E-state index in [2.05, 4.69) is 4.98 Å². The fraction of sp³-hybridized carbons (Fsp3) is 0.154. The normalized spacial score (nSPS) is 21.0. The van der Waals surface area contributed by atoms with E-state index in [4.69, 9.17) is 16.7 Å². The molecule has 1 aliphatic heterocycles. The number of hydrogen-bond donors (Lipinski definition) is 2. The van der Waals surface area contributed by atoms with Crippen LogP contribution in [0.4, 0.5) is 4.79 Å². The topological polar surface area (TPSA) is 113 Å². The van der Waals surface area contributed by atoms with Crippen LogP contribution in [0, 0.1) is 0 Å². The van der Waals surface area contributed by atoms with E-state index >= 15 is 0 Å². The quantitative estimate of drug-likeness (QED) is 0.483. The van der Waals surface area contributed by atoms with E-state index in [9.17, 15) is 19.2 Å². The average molecular weight is 355 g/mol. The molecule has 10 heteroatoms. The number of hydrogen-bond acceptors (Lipinski definition) is 6. The van der Waals surface area contributed by atoms with Crippen molar-refractivity contribution >= 4 is 57.0 Å². The number of carbonyl (C=O) groups excluding carboxylic acids is 3. The third-order valence-electron chi connectivity index (χ3n) is 3.40. The third kappa shape index (κ3) is 2.58. The number of aliphatic carboxylic acids is 1. The number of imide groups is 2. The van der Waals surface area contributed by atoms with Crippen LogP contribution in [0.25, 0.3) is 10.2 Å². The molecule has 1 aromatic heterocycles. The van der Waals surface area contributed by atoms with Gasteiger partial charge in [-0.3, -0.25) is 4.79 Å². The Morgan fingerprint density at radius 3 is 2.70 bits per heavy atom. The molecular formula is C13H9ClN3O5S+. The van der Waals surface area contributed by atoms with Crippen molar-refractivity contribution < 1.29 is 28.8 Å². The molecule has 0 bridgehead atoms. The Morgan fingerprint density at radius 2 is 2.09 bits per heavy atom. The van der Waals surface area contributed by atoms with Crippen LogP contribution in [0.1, 0.15) is 5.01 Å². The van der Waals surface area contributed by atoms with Gasteiger partial charge in [-0.2, -0.15) is 4.48 Å². The second-order valence-electron chi connectivity index (χ2n) is 4.96. The van der Waals surface area contributed by atoms with Gasteiger partial charge < -0.3 is 5.11 Å². The summed E-state index contributed by atoms with van der Waals surface area (Å²) in [5.41, 5.74) is 0.612. The number of nitrogens with zero attached hydrogens (tertiary/aromatic N) is 2. The van der Waals surface area contributed by atoms with Crippen molar-refractivity contribution in [2.45, 2.75) is 6.54 Å². The van der Waals surface area contributed by atoms with Crippen LogP contribution < -0.4 is 5.32 Å². The highest BCUT2D eigenvalue weighted by Crippen LogP contribution is 2.29. The molecule has 1 saturated heterocycles. The summed E-state index contributed by atoms with van der Waals surface area (Å²) in [6.45, 7) is -1.13. The number of benzene rings is 1. The zero-order valence-electron chi connectivity index (χ0n) is 11.4. The van der Waals surface area contributed by atoms with Crippen molar-refractivity contribution in [1.29, 1.82) is 0 Å². The number of carboxylic acids is 1. The van der Waals surface area contributed by atoms with Crippen LogP contribution in [0.5, 0.6) is 0 Å². The lowest BCUT2D eigenvalue weighted by Gasteiger charge is -2.22. The van der Waals surface area contributed by atoms with E-state index in [-0.39, 0.29) is 6.54 Å². The summed E-state index contributed by atoms with van der Waals surface area (Å²) < 4.78 is -0.416. The van der Waals surface area contributed by atoms with Crippen LogP contribution in [-0.4, -0.2) is 44.9 Å². The molecule has 1 unspecified atom stereocenters. The van der Waals surface area contributed by atoms with Gasteiger partial charge in [0.25, 0.3) is 0 Å². The minimum absolute atomic E-state index is 0.306. The highest BCUT2D eigenvalue weighted by molar-refractivity contribution is 7.18. The monoisotopic (exact) mass is 354 g/mol. The number of aromatic nitrogens is 1. The second-order valence-corrected chi connectivity index (χ2v) is 6.51. The number of thiazole rings is 1. The largest absolute Gasteiger partial charge is 0.477 e. The lowest BCUT2D eigenvalue weighted by molar-refractivity contribution is -0.772. The van der Waals surface area contributed by atoms with Crippen molar-refractivity contribution in [2.24, 2.45) is 0 Å². The molecule has 1 aromatic carbocycles. The number of nitrogens with one attached hydrogen (secondary N) is 1. The Bertz CT molecular complexity index is 880. The van der Waals surface area contributed by atoms with E-state index in [0.717, 1.165) is 4.70 Å². The number of carboxylic acid groups (broad SMARTS) is 1. The number of carbonyl (C=O) groups is 4. The summed E-state index contributed by atoms with van der Waals surface area (Å²) in [6, 6.07) is 4.04. The first-order valence-corrected chi connectivity index (χ1v) is 7.55. The van der Waals surface area contributed by atoms with Crippen molar-refractivity contribution in [1.82, 2.24) is 10.3 Å². The SMILES string of the molecule is O=C(O)C[N+]1(Cc2nc3ccc(Cl)cc3s2)C(=O)NC(=O)C1=O. The molecular weight excluding hydrogens is 346 g/mol. The number of quaternary nitrogens is 1. The molecule has 4 amide bonds. The van der Waals surface area contributed by atoms with Crippen LogP contribution in [0.15, 0.2) is 18.2 Å². The second kappa shape index (κ2) is 5.37. The van der Waals surface area contributed by atoms with E-state index in [0.29, 0.717) is 15.5 Å². The van der Waals surface area contributed by atoms with Crippen LogP contribution >= 0.6 is 22.9 Å². The fourth-order valence-corrected chi connectivity index (χ4v) is 3.69. The summed E-state index contributed by atoms with van der Waals surface area (Å²) in [4.78, 5) is 50.9. The molecule has 0 saturated carbocycles. The highest BCUT2D eigenvalue weighted by atomic mass is 35.5. The summed E-state index contributed by atoms with van der Waals surface area (Å²) in [7, 11) is 0. The van der Waals surface area contributed by atoms with Gasteiger partial charge in [0.2, 0.25) is 0 Å². The molecule has 2 N–H and O–H groups in total. The molecule has 2 heterocycles. The van der Waals surface area contributed by atoms with E-state index in [1.807, 2.05) is 5.32 Å². The minimum Gasteiger partial charge on any atom is -0.477 e. The Kier molecular flexibility index (Phi) is 3.63. The Labute approximate surface area is 137 Å². The summed E-state index contributed by atoms with van der Waals surface area (Å²) in [5.74, 6) is -3.58. The highest BCUT2D eigenvalue weighted by Gasteiger charge is 2.57. The molecule has 23 heavy (non-hydrogen) atoms. The molecule has 3 rings (SSSR count). The van der Waals surface area contributed by atoms with Gasteiger partial charge in [-0.1, -0.05) is 11.6 Å². The first kappa shape index (κ1) is 15.5. The van der Waals surface area contributed by atoms with Gasteiger partial charge in [0.1, 0.15) is 11.6 Å². The lowest BCUT2D eigenvalue weighted by atomic mass is 10.3. The molecule has 0 aliphatic carbocycles. The van der Waals surface area contributed by atoms with Gasteiger partial charge in [-0.25, -0.2) is 24.7 Å². The smallest absolute Gasteiger partial charge is 0.432 e. The van der Waals surface area contributed by atoms with Crippen LogP contribution in [-0.2, 0) is 20.9 Å². The zero-order chi connectivity index (χ0) is 16.8. The molecule has 2 aromatic rings. The number of fused-ring (bicyclic) bond motifs is 1. The van der Waals surface area contributed by atoms with Gasteiger partial charge >= 0.3 is 23.8 Å². The fourth-order valence-electron chi connectivity index (χ4n) is 2.36. The first-order chi connectivity index (χ1) is 10.8. The van der Waals surface area contributed by atoms with Crippen molar-refractivity contribution in [3.63, 3.8) is 0 Å². The Hall–Kier alpha value is -2.36. The molecule has 1 fully saturated rings. The van der Waals surface area contributed by atoms with Crippen LogP contribution in [0.3, 0.4) is 0 Å². The molecule has 1 aliphatic rings. The molecule has 0 radical (unpaired) electrons. The van der Waals surface area contributed by atoms with Gasteiger partial charge in [0, 0.05) is 5.02 Å². The maximum Gasteiger partial charge on any atom is 0.432 e. The maximum absolute atomic E-state index is 12.1. The summed E-state index contributed by atoms with van der Waals surface area (Å²) in [5, 5.41) is 11.8. The molecule has 8 nitrogen and oxygen atoms in total. The van der Waals surface area contributed by atoms with Gasteiger partial charge in [0.05, 0.1) is 10.2 Å². The zero-order valence-corrected chi connectivity index (χ0v) is 13.0. The Balaban J connectivity index is 2.04. The van der Waals surface area contributed by atoms with Crippen molar-refractivity contribution in [3.05, 3.63) is 28.2 Å². The predicted molar refractivity (Wildman–Crippen MR) is 79.6 cm³/mol. The molecule has 0 spiro atoms. The van der Waals surface area contributed by atoms with E-state index < -0.39 is 34.8 Å². The number of urea groups is 1. The minimum atomic E-state index is -1.37. The number of rotatable bonds is 4. The van der Waals surface area contributed by atoms with E-state index in [1.165, 1.54) is 11.3 Å². The lowest BCUT2D eigenvalue weighted by Crippen LogP contribution is -2.55. The third-order valence-corrected chi connectivity index (χ3v) is 4.64. The van der Waals surface area contributed by atoms with Crippen molar-refractivity contribution in [3.8, 4) is 0 Å². The maximum atomic E-state index is 12.1. The van der Waals surface area contributed by atoms with Gasteiger partial charge in [-0.15, -0.1) is 11.3 Å². The van der Waals surface area contributed by atoms with E-state index in [1.54, 1.807) is 18.2 Å². The predicted octanol–water partition coefficient (Wildman–Crippen LogP) is 1.13. The summed E-state index contributed by atoms with van der Waals surface area (Å²) in [6.07, 6.45) is 0. The molecule has 1 atom stereocenters. The van der Waals surface area contributed by atoms with Gasteiger partial charge in [-0.05, 0) is 18.2 Å². The van der Waals surface area contributed by atoms with Crippen molar-refractivity contribution in [2.75, 3.05) is 6.54 Å². The standard InChI is InChI=1S/C13H8ClN3O5S/c14-6-1-2-7-8(3-6)23-9(15-7)4-17(5-10(18)19)12(21)11(20)16-13(17)22/h1-3H,4-5H2,(H-,16,18,19,20,22)/p+1. The van der Waals surface area contributed by atoms with Gasteiger partial charge in [0.15, 0.2) is 6.54 Å². The average Bonchev–Trinajstić information content (AvgIpc) is 2.93. The first-order valence-electron chi connectivity index (χ1n) is 6.36. The Morgan fingerprint density at radius 1 is 1.35 bits per heavy atom. The summed E-state index contributed by atoms with van der Waals surface area (Å²) >= 11 is 7.08. The molecule has 118 valence electrons.